The van der Waals surface area contributed by atoms with Gasteiger partial charge in [0.2, 0.25) is 0 Å². The molecule has 1 heterocycles. The summed E-state index contributed by atoms with van der Waals surface area (Å²) in [5, 5.41) is 18.5. The Bertz CT molecular complexity index is 509. The number of pyridine rings is 1. The molecule has 4 N–H and O–H groups in total. The van der Waals surface area contributed by atoms with E-state index in [-0.39, 0.29) is 18.1 Å². The number of aliphatic hydroxyl groups excluding tert-OH is 1. The number of rotatable bonds is 7. The fourth-order valence-corrected chi connectivity index (χ4v) is 2.25. The van der Waals surface area contributed by atoms with Crippen LogP contribution in [-0.4, -0.2) is 42.4 Å². The Labute approximate surface area is 133 Å². The fraction of sp³-hybridized carbons (Fsp3) is 0.538. The molecule has 1 saturated carbocycles. The molecule has 2 rings (SSSR count). The SMILES string of the molecule is O=C(NCCNc1ncc(Cl)cc1Cl)NCC1(CO)CC1. The Kier molecular flexibility index (Phi) is 5.50. The highest BCUT2D eigenvalue weighted by molar-refractivity contribution is 6.35. The molecule has 0 aromatic carbocycles. The van der Waals surface area contributed by atoms with Crippen molar-refractivity contribution in [3.63, 3.8) is 0 Å². The Morgan fingerprint density at radius 3 is 2.71 bits per heavy atom. The molecule has 0 saturated heterocycles. The topological polar surface area (TPSA) is 86.3 Å². The lowest BCUT2D eigenvalue weighted by atomic mass is 10.1. The van der Waals surface area contributed by atoms with Crippen LogP contribution in [0, 0.1) is 5.41 Å². The van der Waals surface area contributed by atoms with Crippen LogP contribution in [0.3, 0.4) is 0 Å². The minimum atomic E-state index is -0.244. The first-order chi connectivity index (χ1) is 10.0. The van der Waals surface area contributed by atoms with E-state index in [4.69, 9.17) is 28.3 Å². The minimum Gasteiger partial charge on any atom is -0.396 e. The molecule has 8 heteroatoms. The van der Waals surface area contributed by atoms with Crippen molar-refractivity contribution in [2.75, 3.05) is 31.6 Å². The maximum absolute atomic E-state index is 11.6. The van der Waals surface area contributed by atoms with E-state index in [1.165, 1.54) is 6.20 Å². The number of urea groups is 1. The summed E-state index contributed by atoms with van der Waals surface area (Å²) < 4.78 is 0. The van der Waals surface area contributed by atoms with Crippen LogP contribution in [0.15, 0.2) is 12.3 Å². The standard InChI is InChI=1S/C13H18Cl2N4O2/c14-9-5-10(15)11(18-6-9)16-3-4-17-12(21)19-7-13(8-20)1-2-13/h5-6,20H,1-4,7-8H2,(H,16,18)(H2,17,19,21). The summed E-state index contributed by atoms with van der Waals surface area (Å²) in [6, 6.07) is 1.36. The van der Waals surface area contributed by atoms with E-state index in [0.29, 0.717) is 35.5 Å². The van der Waals surface area contributed by atoms with E-state index in [0.717, 1.165) is 12.8 Å². The van der Waals surface area contributed by atoms with Gasteiger partial charge >= 0.3 is 6.03 Å². The highest BCUT2D eigenvalue weighted by Gasteiger charge is 2.42. The highest BCUT2D eigenvalue weighted by Crippen LogP contribution is 2.44. The van der Waals surface area contributed by atoms with Crippen LogP contribution in [0.5, 0.6) is 0 Å². The molecule has 0 radical (unpaired) electrons. The molecule has 1 aromatic rings. The number of carbonyl (C=O) groups excluding carboxylic acids is 1. The van der Waals surface area contributed by atoms with E-state index in [1.807, 2.05) is 0 Å². The Hall–Kier alpha value is -1.24. The molecule has 0 bridgehead atoms. The summed E-state index contributed by atoms with van der Waals surface area (Å²) in [4.78, 5) is 15.6. The third-order valence-corrected chi connectivity index (χ3v) is 3.92. The number of hydrogen-bond donors (Lipinski definition) is 4. The third-order valence-electron chi connectivity index (χ3n) is 3.43. The molecular formula is C13H18Cl2N4O2. The van der Waals surface area contributed by atoms with Crippen LogP contribution >= 0.6 is 23.2 Å². The molecule has 2 amide bonds. The van der Waals surface area contributed by atoms with Gasteiger partial charge in [-0.15, -0.1) is 0 Å². The summed E-state index contributed by atoms with van der Waals surface area (Å²) in [6.07, 6.45) is 3.43. The molecule has 0 aliphatic heterocycles. The lowest BCUT2D eigenvalue weighted by Gasteiger charge is -2.13. The molecule has 21 heavy (non-hydrogen) atoms. The Balaban J connectivity index is 1.62. The average molecular weight is 333 g/mol. The Morgan fingerprint density at radius 2 is 2.10 bits per heavy atom. The van der Waals surface area contributed by atoms with Crippen molar-refractivity contribution in [2.24, 2.45) is 5.41 Å². The third kappa shape index (κ3) is 4.91. The first-order valence-electron chi connectivity index (χ1n) is 6.72. The normalized spacial score (nSPS) is 15.4. The average Bonchev–Trinajstić information content (AvgIpc) is 3.24. The van der Waals surface area contributed by atoms with Gasteiger partial charge in [0.25, 0.3) is 0 Å². The van der Waals surface area contributed by atoms with Gasteiger partial charge in [0.05, 0.1) is 16.7 Å². The van der Waals surface area contributed by atoms with Gasteiger partial charge in [-0.05, 0) is 18.9 Å². The largest absolute Gasteiger partial charge is 0.396 e. The van der Waals surface area contributed by atoms with Gasteiger partial charge < -0.3 is 21.1 Å². The second kappa shape index (κ2) is 7.15. The molecular weight excluding hydrogens is 315 g/mol. The van der Waals surface area contributed by atoms with Crippen LogP contribution < -0.4 is 16.0 Å². The van der Waals surface area contributed by atoms with Gasteiger partial charge in [0.1, 0.15) is 5.82 Å². The van der Waals surface area contributed by atoms with E-state index < -0.39 is 0 Å². The van der Waals surface area contributed by atoms with E-state index >= 15 is 0 Å². The monoisotopic (exact) mass is 332 g/mol. The van der Waals surface area contributed by atoms with Crippen molar-refractivity contribution in [3.05, 3.63) is 22.3 Å². The molecule has 116 valence electrons. The predicted molar refractivity (Wildman–Crippen MR) is 82.9 cm³/mol. The number of amides is 2. The number of nitrogens with one attached hydrogen (secondary N) is 3. The zero-order valence-electron chi connectivity index (χ0n) is 11.5. The first kappa shape index (κ1) is 16.1. The molecule has 1 aromatic heterocycles. The zero-order valence-corrected chi connectivity index (χ0v) is 13.0. The molecule has 1 aliphatic carbocycles. The summed E-state index contributed by atoms with van der Waals surface area (Å²) >= 11 is 11.7. The van der Waals surface area contributed by atoms with Gasteiger partial charge in [-0.1, -0.05) is 23.2 Å². The lowest BCUT2D eigenvalue weighted by Crippen LogP contribution is -2.41. The van der Waals surface area contributed by atoms with Crippen molar-refractivity contribution in [1.29, 1.82) is 0 Å². The highest BCUT2D eigenvalue weighted by atomic mass is 35.5. The van der Waals surface area contributed by atoms with Crippen LogP contribution in [0.1, 0.15) is 12.8 Å². The van der Waals surface area contributed by atoms with Gasteiger partial charge in [0, 0.05) is 31.2 Å². The van der Waals surface area contributed by atoms with Crippen molar-refractivity contribution in [1.82, 2.24) is 15.6 Å². The predicted octanol–water partition coefficient (Wildman–Crippen LogP) is 1.87. The molecule has 6 nitrogen and oxygen atoms in total. The van der Waals surface area contributed by atoms with Gasteiger partial charge in [-0.3, -0.25) is 0 Å². The fourth-order valence-electron chi connectivity index (χ4n) is 1.80. The lowest BCUT2D eigenvalue weighted by molar-refractivity contribution is 0.203. The van der Waals surface area contributed by atoms with Gasteiger partial charge in [-0.2, -0.15) is 0 Å². The number of nitrogens with zero attached hydrogens (tertiary/aromatic N) is 1. The van der Waals surface area contributed by atoms with Crippen LogP contribution in [0.2, 0.25) is 10.0 Å². The number of anilines is 1. The molecule has 0 spiro atoms. The maximum Gasteiger partial charge on any atom is 0.314 e. The molecule has 0 atom stereocenters. The second-order valence-corrected chi connectivity index (χ2v) is 6.02. The van der Waals surface area contributed by atoms with Crippen molar-refractivity contribution in [2.45, 2.75) is 12.8 Å². The summed E-state index contributed by atoms with van der Waals surface area (Å²) in [5.41, 5.74) is -0.0870. The maximum atomic E-state index is 11.6. The van der Waals surface area contributed by atoms with Crippen LogP contribution in [-0.2, 0) is 0 Å². The smallest absolute Gasteiger partial charge is 0.314 e. The zero-order chi connectivity index (χ0) is 15.3. The number of aromatic nitrogens is 1. The number of aliphatic hydroxyl groups is 1. The quantitative estimate of drug-likeness (QED) is 0.574. The van der Waals surface area contributed by atoms with E-state index in [2.05, 4.69) is 20.9 Å². The number of carbonyl (C=O) groups is 1. The van der Waals surface area contributed by atoms with Gasteiger partial charge in [-0.25, -0.2) is 9.78 Å². The minimum absolute atomic E-state index is 0.0870. The Morgan fingerprint density at radius 1 is 1.33 bits per heavy atom. The number of hydrogen-bond acceptors (Lipinski definition) is 4. The molecule has 1 aliphatic rings. The number of halogens is 2. The van der Waals surface area contributed by atoms with Crippen molar-refractivity contribution < 1.29 is 9.90 Å². The van der Waals surface area contributed by atoms with Crippen molar-refractivity contribution in [3.8, 4) is 0 Å². The summed E-state index contributed by atoms with van der Waals surface area (Å²) in [6.45, 7) is 1.55. The van der Waals surface area contributed by atoms with Crippen LogP contribution in [0.25, 0.3) is 0 Å². The summed E-state index contributed by atoms with van der Waals surface area (Å²) in [7, 11) is 0. The van der Waals surface area contributed by atoms with Crippen LogP contribution in [0.4, 0.5) is 10.6 Å². The second-order valence-electron chi connectivity index (χ2n) is 5.18. The molecule has 0 unspecified atom stereocenters. The van der Waals surface area contributed by atoms with Crippen molar-refractivity contribution >= 4 is 35.1 Å². The van der Waals surface area contributed by atoms with Gasteiger partial charge in [0.15, 0.2) is 0 Å². The van der Waals surface area contributed by atoms with E-state index in [9.17, 15) is 4.79 Å². The molecule has 1 fully saturated rings. The first-order valence-corrected chi connectivity index (χ1v) is 7.48. The van der Waals surface area contributed by atoms with E-state index in [1.54, 1.807) is 6.07 Å². The summed E-state index contributed by atoms with van der Waals surface area (Å²) in [5.74, 6) is 0.528.